The van der Waals surface area contributed by atoms with E-state index in [2.05, 4.69) is 11.0 Å². The molecule has 1 unspecified atom stereocenters. The minimum atomic E-state index is 0.518. The summed E-state index contributed by atoms with van der Waals surface area (Å²) in [6, 6.07) is 7.68. The van der Waals surface area contributed by atoms with Gasteiger partial charge in [0.1, 0.15) is 6.07 Å². The molecule has 1 aromatic carbocycles. The van der Waals surface area contributed by atoms with Crippen LogP contribution in [0.1, 0.15) is 12.0 Å². The molecule has 1 aliphatic rings. The molecule has 1 aromatic rings. The van der Waals surface area contributed by atoms with Crippen LogP contribution < -0.4 is 4.90 Å². The molecule has 1 heterocycles. The van der Waals surface area contributed by atoms with Crippen molar-refractivity contribution >= 4 is 17.3 Å². The lowest BCUT2D eigenvalue weighted by Crippen LogP contribution is -2.21. The topological polar surface area (TPSA) is 45.5 Å². The lowest BCUT2D eigenvalue weighted by Gasteiger charge is -2.19. The third-order valence-corrected chi connectivity index (χ3v) is 3.82. The monoisotopic (exact) mass is 294 g/mol. The van der Waals surface area contributed by atoms with Crippen LogP contribution in [0.2, 0.25) is 5.02 Å². The number of nitriles is 1. The van der Waals surface area contributed by atoms with E-state index in [9.17, 15) is 0 Å². The highest BCUT2D eigenvalue weighted by Gasteiger charge is 2.23. The molecule has 108 valence electrons. The molecule has 0 amide bonds. The quantitative estimate of drug-likeness (QED) is 0.757. The molecule has 1 fully saturated rings. The number of anilines is 1. The van der Waals surface area contributed by atoms with E-state index in [1.54, 1.807) is 13.2 Å². The summed E-state index contributed by atoms with van der Waals surface area (Å²) in [5.41, 5.74) is 1.60. The van der Waals surface area contributed by atoms with Crippen LogP contribution in [-0.2, 0) is 9.47 Å². The Bertz CT molecular complexity index is 487. The van der Waals surface area contributed by atoms with Crippen molar-refractivity contribution in [3.05, 3.63) is 28.8 Å². The van der Waals surface area contributed by atoms with Crippen molar-refractivity contribution in [1.82, 2.24) is 0 Å². The van der Waals surface area contributed by atoms with Gasteiger partial charge in [0.15, 0.2) is 0 Å². The Balaban J connectivity index is 1.86. The number of benzene rings is 1. The van der Waals surface area contributed by atoms with Gasteiger partial charge in [0.2, 0.25) is 0 Å². The summed E-state index contributed by atoms with van der Waals surface area (Å²) >= 11 is 6.07. The number of hydrogen-bond donors (Lipinski definition) is 0. The van der Waals surface area contributed by atoms with Gasteiger partial charge < -0.3 is 14.4 Å². The summed E-state index contributed by atoms with van der Waals surface area (Å²) in [4.78, 5) is 2.29. The van der Waals surface area contributed by atoms with Crippen LogP contribution in [0.15, 0.2) is 18.2 Å². The molecule has 2 rings (SSSR count). The first-order chi connectivity index (χ1) is 9.74. The molecule has 20 heavy (non-hydrogen) atoms. The smallest absolute Gasteiger partial charge is 0.101 e. The van der Waals surface area contributed by atoms with Crippen LogP contribution in [0.25, 0.3) is 0 Å². The zero-order chi connectivity index (χ0) is 14.4. The van der Waals surface area contributed by atoms with E-state index in [0.29, 0.717) is 29.7 Å². The van der Waals surface area contributed by atoms with E-state index < -0.39 is 0 Å². The Morgan fingerprint density at radius 1 is 1.45 bits per heavy atom. The van der Waals surface area contributed by atoms with Crippen molar-refractivity contribution in [3.63, 3.8) is 0 Å². The summed E-state index contributed by atoms with van der Waals surface area (Å²) in [5, 5.41) is 9.40. The highest BCUT2D eigenvalue weighted by atomic mass is 35.5. The lowest BCUT2D eigenvalue weighted by molar-refractivity contribution is 0.0549. The molecule has 0 aliphatic carbocycles. The molecular formula is C15H19ClN2O2. The number of ether oxygens (including phenoxy) is 2. The highest BCUT2D eigenvalue weighted by Crippen LogP contribution is 2.28. The predicted molar refractivity (Wildman–Crippen MR) is 79.2 cm³/mol. The predicted octanol–water partition coefficient (Wildman–Crippen LogP) is 2.70. The van der Waals surface area contributed by atoms with Gasteiger partial charge >= 0.3 is 0 Å². The second-order valence-corrected chi connectivity index (χ2v) is 5.35. The van der Waals surface area contributed by atoms with E-state index in [-0.39, 0.29) is 0 Å². The van der Waals surface area contributed by atoms with Gasteiger partial charge in [0.05, 0.1) is 30.4 Å². The number of nitrogens with zero attached hydrogens (tertiary/aromatic N) is 2. The maximum atomic E-state index is 8.88. The number of hydrogen-bond acceptors (Lipinski definition) is 4. The van der Waals surface area contributed by atoms with Crippen LogP contribution >= 0.6 is 11.6 Å². The minimum absolute atomic E-state index is 0.518. The van der Waals surface area contributed by atoms with Crippen molar-refractivity contribution in [2.75, 3.05) is 44.9 Å². The molecule has 1 atom stereocenters. The molecule has 0 aromatic heterocycles. The molecule has 4 nitrogen and oxygen atoms in total. The standard InChI is InChI=1S/C15H19ClN2O2/c1-19-6-7-20-11-12-4-5-18(10-12)14-3-2-13(9-17)15(16)8-14/h2-3,8,12H,4-7,10-11H2,1H3. The van der Waals surface area contributed by atoms with Crippen LogP contribution in [0.3, 0.4) is 0 Å². The number of halogens is 1. The highest BCUT2D eigenvalue weighted by molar-refractivity contribution is 6.32. The van der Waals surface area contributed by atoms with E-state index >= 15 is 0 Å². The average molecular weight is 295 g/mol. The first-order valence-electron chi connectivity index (χ1n) is 6.76. The summed E-state index contributed by atoms with van der Waals surface area (Å²) in [7, 11) is 1.68. The largest absolute Gasteiger partial charge is 0.382 e. The van der Waals surface area contributed by atoms with Crippen molar-refractivity contribution in [2.45, 2.75) is 6.42 Å². The Hall–Kier alpha value is -1.28. The third kappa shape index (κ3) is 3.86. The van der Waals surface area contributed by atoms with Crippen molar-refractivity contribution in [2.24, 2.45) is 5.92 Å². The van der Waals surface area contributed by atoms with Crippen molar-refractivity contribution < 1.29 is 9.47 Å². The molecule has 0 spiro atoms. The lowest BCUT2D eigenvalue weighted by atomic mass is 10.1. The van der Waals surface area contributed by atoms with E-state index in [1.807, 2.05) is 12.1 Å². The number of rotatable bonds is 6. The third-order valence-electron chi connectivity index (χ3n) is 3.51. The van der Waals surface area contributed by atoms with Gasteiger partial charge in [-0.3, -0.25) is 0 Å². The van der Waals surface area contributed by atoms with Gasteiger partial charge in [-0.05, 0) is 24.6 Å². The Kier molecular flexibility index (Phi) is 5.66. The molecular weight excluding hydrogens is 276 g/mol. The molecule has 0 saturated carbocycles. The molecule has 0 bridgehead atoms. The summed E-state index contributed by atoms with van der Waals surface area (Å²) in [6.07, 6.45) is 1.12. The fourth-order valence-electron chi connectivity index (χ4n) is 2.39. The van der Waals surface area contributed by atoms with E-state index in [0.717, 1.165) is 31.8 Å². The van der Waals surface area contributed by atoms with Gasteiger partial charge in [0.25, 0.3) is 0 Å². The average Bonchev–Trinajstić information content (AvgIpc) is 2.92. The minimum Gasteiger partial charge on any atom is -0.382 e. The first kappa shape index (κ1) is 15.1. The van der Waals surface area contributed by atoms with Crippen LogP contribution in [0, 0.1) is 17.2 Å². The first-order valence-corrected chi connectivity index (χ1v) is 7.13. The zero-order valence-electron chi connectivity index (χ0n) is 11.6. The van der Waals surface area contributed by atoms with E-state index in [1.165, 1.54) is 0 Å². The van der Waals surface area contributed by atoms with Crippen LogP contribution in [0.5, 0.6) is 0 Å². The second kappa shape index (κ2) is 7.49. The normalized spacial score (nSPS) is 18.2. The molecule has 0 radical (unpaired) electrons. The Morgan fingerprint density at radius 3 is 3.00 bits per heavy atom. The molecule has 1 saturated heterocycles. The van der Waals surface area contributed by atoms with E-state index in [4.69, 9.17) is 26.3 Å². The molecule has 1 aliphatic heterocycles. The van der Waals surface area contributed by atoms with Gasteiger partial charge in [-0.2, -0.15) is 5.26 Å². The summed E-state index contributed by atoms with van der Waals surface area (Å²) in [6.45, 7) is 4.02. The van der Waals surface area contributed by atoms with Gasteiger partial charge in [0, 0.05) is 31.8 Å². The summed E-state index contributed by atoms with van der Waals surface area (Å²) < 4.78 is 10.5. The van der Waals surface area contributed by atoms with Gasteiger partial charge in [-0.15, -0.1) is 0 Å². The van der Waals surface area contributed by atoms with Gasteiger partial charge in [-0.25, -0.2) is 0 Å². The Morgan fingerprint density at radius 2 is 2.30 bits per heavy atom. The summed E-state index contributed by atoms with van der Waals surface area (Å²) in [5.74, 6) is 0.543. The molecule has 5 heteroatoms. The Labute approximate surface area is 124 Å². The van der Waals surface area contributed by atoms with Crippen molar-refractivity contribution in [3.8, 4) is 6.07 Å². The fourth-order valence-corrected chi connectivity index (χ4v) is 2.60. The maximum absolute atomic E-state index is 8.88. The fraction of sp³-hybridized carbons (Fsp3) is 0.533. The van der Waals surface area contributed by atoms with Crippen LogP contribution in [0.4, 0.5) is 5.69 Å². The SMILES string of the molecule is COCCOCC1CCN(c2ccc(C#N)c(Cl)c2)C1. The maximum Gasteiger partial charge on any atom is 0.101 e. The van der Waals surface area contributed by atoms with Crippen LogP contribution in [-0.4, -0.2) is 40.0 Å². The second-order valence-electron chi connectivity index (χ2n) is 4.94. The zero-order valence-corrected chi connectivity index (χ0v) is 12.4. The van der Waals surface area contributed by atoms with Gasteiger partial charge in [-0.1, -0.05) is 11.6 Å². The van der Waals surface area contributed by atoms with Crippen molar-refractivity contribution in [1.29, 1.82) is 5.26 Å². The number of methoxy groups -OCH3 is 1. The molecule has 0 N–H and O–H groups in total.